The monoisotopic (exact) mass is 361 g/mol. The Morgan fingerprint density at radius 3 is 2.24 bits per heavy atom. The number of aliphatic hydroxyl groups is 2. The summed E-state index contributed by atoms with van der Waals surface area (Å²) in [5.74, 6) is -11.0. The molecule has 1 aromatic carbocycles. The van der Waals surface area contributed by atoms with E-state index in [0.717, 1.165) is 12.8 Å². The molecule has 9 heteroatoms. The fraction of sp³-hybridized carbons (Fsp3) is 0.375. The van der Waals surface area contributed by atoms with Crippen molar-refractivity contribution in [3.05, 3.63) is 40.5 Å². The number of aliphatic imine (C=N–C) groups is 1. The van der Waals surface area contributed by atoms with E-state index in [1.54, 1.807) is 0 Å². The van der Waals surface area contributed by atoms with Gasteiger partial charge in [-0.15, -0.1) is 0 Å². The lowest BCUT2D eigenvalue weighted by Gasteiger charge is -2.20. The quantitative estimate of drug-likeness (QED) is 0.188. The van der Waals surface area contributed by atoms with Crippen LogP contribution in [0.2, 0.25) is 0 Å². The van der Waals surface area contributed by atoms with Crippen molar-refractivity contribution < 1.29 is 37.7 Å². The van der Waals surface area contributed by atoms with Crippen molar-refractivity contribution >= 4 is 17.9 Å². The number of hydrogen-bond donors (Lipinski definition) is 3. The Kier molecular flexibility index (Phi) is 5.46. The molecule has 0 aromatic heterocycles. The van der Waals surface area contributed by atoms with Crippen LogP contribution in [0.5, 0.6) is 0 Å². The summed E-state index contributed by atoms with van der Waals surface area (Å²) in [6.07, 6.45) is 3.21. The zero-order valence-corrected chi connectivity index (χ0v) is 12.9. The highest BCUT2D eigenvalue weighted by atomic mass is 19.2. The maximum Gasteiger partial charge on any atom is 0.341 e. The maximum absolute atomic E-state index is 13.7. The van der Waals surface area contributed by atoms with Gasteiger partial charge in [-0.1, -0.05) is 12.8 Å². The van der Waals surface area contributed by atoms with Gasteiger partial charge in [-0.05, 0) is 18.9 Å². The van der Waals surface area contributed by atoms with Gasteiger partial charge >= 0.3 is 5.97 Å². The lowest BCUT2D eigenvalue weighted by molar-refractivity contribution is -0.132. The molecular formula is C16H15F4NO4. The van der Waals surface area contributed by atoms with Crippen molar-refractivity contribution in [1.82, 2.24) is 0 Å². The molecular weight excluding hydrogens is 346 g/mol. The fourth-order valence-corrected chi connectivity index (χ4v) is 2.67. The van der Waals surface area contributed by atoms with Crippen LogP contribution in [0, 0.1) is 23.3 Å². The summed E-state index contributed by atoms with van der Waals surface area (Å²) in [5, 5.41) is 28.5. The third-order valence-corrected chi connectivity index (χ3v) is 4.14. The van der Waals surface area contributed by atoms with Crippen LogP contribution in [-0.2, 0) is 4.79 Å². The summed E-state index contributed by atoms with van der Waals surface area (Å²) >= 11 is 0. The zero-order valence-electron chi connectivity index (χ0n) is 12.9. The molecule has 136 valence electrons. The molecule has 0 unspecified atom stereocenters. The molecule has 25 heavy (non-hydrogen) atoms. The van der Waals surface area contributed by atoms with Crippen molar-refractivity contribution in [2.24, 2.45) is 4.99 Å². The lowest BCUT2D eigenvalue weighted by atomic mass is 10.00. The van der Waals surface area contributed by atoms with Crippen molar-refractivity contribution in [2.75, 3.05) is 6.61 Å². The number of benzene rings is 1. The number of halogens is 4. The van der Waals surface area contributed by atoms with E-state index in [2.05, 4.69) is 4.99 Å². The minimum atomic E-state index is -2.18. The van der Waals surface area contributed by atoms with E-state index in [0.29, 0.717) is 19.1 Å². The van der Waals surface area contributed by atoms with E-state index in [4.69, 9.17) is 5.11 Å². The molecule has 1 aromatic rings. The van der Waals surface area contributed by atoms with Crippen LogP contribution >= 0.6 is 0 Å². The van der Waals surface area contributed by atoms with Gasteiger partial charge in [-0.3, -0.25) is 4.99 Å². The smallest absolute Gasteiger partial charge is 0.341 e. The second-order valence-corrected chi connectivity index (χ2v) is 5.76. The second kappa shape index (κ2) is 7.22. The summed E-state index contributed by atoms with van der Waals surface area (Å²) in [6.45, 7) is -0.356. The summed E-state index contributed by atoms with van der Waals surface area (Å²) < 4.78 is 53.3. The first-order chi connectivity index (χ1) is 11.7. The SMILES string of the molecule is O=C(O)C(C=NC1(CO)CCCC1)=C(O)c1cc(F)c(F)c(F)c1F. The molecule has 0 spiro atoms. The van der Waals surface area contributed by atoms with E-state index in [1.165, 1.54) is 0 Å². The van der Waals surface area contributed by atoms with Crippen LogP contribution in [0.3, 0.4) is 0 Å². The lowest BCUT2D eigenvalue weighted by Crippen LogP contribution is -2.27. The highest BCUT2D eigenvalue weighted by molar-refractivity contribution is 6.14. The Labute approximate surface area is 139 Å². The maximum atomic E-state index is 13.7. The van der Waals surface area contributed by atoms with Crippen LogP contribution in [-0.4, -0.2) is 39.6 Å². The minimum Gasteiger partial charge on any atom is -0.506 e. The number of hydrogen-bond acceptors (Lipinski definition) is 4. The van der Waals surface area contributed by atoms with Gasteiger partial charge in [0.25, 0.3) is 0 Å². The van der Waals surface area contributed by atoms with Crippen LogP contribution in [0.4, 0.5) is 17.6 Å². The third kappa shape index (κ3) is 3.65. The topological polar surface area (TPSA) is 90.1 Å². The summed E-state index contributed by atoms with van der Waals surface area (Å²) in [7, 11) is 0. The van der Waals surface area contributed by atoms with Gasteiger partial charge in [0.15, 0.2) is 23.3 Å². The molecule has 0 radical (unpaired) electrons. The highest BCUT2D eigenvalue weighted by Gasteiger charge is 2.32. The molecule has 1 aliphatic rings. The van der Waals surface area contributed by atoms with Crippen molar-refractivity contribution in [1.29, 1.82) is 0 Å². The van der Waals surface area contributed by atoms with E-state index in [-0.39, 0.29) is 12.7 Å². The number of carboxylic acid groups (broad SMARTS) is 1. The molecule has 0 heterocycles. The third-order valence-electron chi connectivity index (χ3n) is 4.14. The highest BCUT2D eigenvalue weighted by Crippen LogP contribution is 2.33. The Morgan fingerprint density at radius 1 is 1.12 bits per heavy atom. The largest absolute Gasteiger partial charge is 0.506 e. The van der Waals surface area contributed by atoms with E-state index >= 15 is 0 Å². The molecule has 1 fully saturated rings. The van der Waals surface area contributed by atoms with Gasteiger partial charge in [0.1, 0.15) is 11.3 Å². The van der Waals surface area contributed by atoms with Crippen LogP contribution in [0.25, 0.3) is 5.76 Å². The van der Waals surface area contributed by atoms with Gasteiger partial charge < -0.3 is 15.3 Å². The van der Waals surface area contributed by atoms with E-state index in [1.807, 2.05) is 0 Å². The van der Waals surface area contributed by atoms with Crippen molar-refractivity contribution in [3.63, 3.8) is 0 Å². The molecule has 0 atom stereocenters. The number of carbonyl (C=O) groups is 1. The predicted octanol–water partition coefficient (Wildman–Crippen LogP) is 2.97. The number of rotatable bonds is 5. The van der Waals surface area contributed by atoms with Gasteiger partial charge in [-0.2, -0.15) is 0 Å². The number of nitrogens with zero attached hydrogens (tertiary/aromatic N) is 1. The Hall–Kier alpha value is -2.42. The van der Waals surface area contributed by atoms with Gasteiger partial charge in [0.2, 0.25) is 0 Å². The molecule has 0 amide bonds. The Bertz CT molecular complexity index is 755. The van der Waals surface area contributed by atoms with Gasteiger partial charge in [0.05, 0.1) is 17.7 Å². The molecule has 0 bridgehead atoms. The van der Waals surface area contributed by atoms with Crippen LogP contribution < -0.4 is 0 Å². The normalized spacial score (nSPS) is 17.8. The van der Waals surface area contributed by atoms with Crippen molar-refractivity contribution in [3.8, 4) is 0 Å². The molecule has 1 saturated carbocycles. The first-order valence-electron chi connectivity index (χ1n) is 7.38. The van der Waals surface area contributed by atoms with Gasteiger partial charge in [0, 0.05) is 6.21 Å². The molecule has 0 aliphatic heterocycles. The van der Waals surface area contributed by atoms with Crippen LogP contribution in [0.1, 0.15) is 31.2 Å². The standard InChI is InChI=1S/C16H15F4NO4/c17-10-5-8(11(18)13(20)12(10)19)14(23)9(15(24)25)6-21-16(7-22)3-1-2-4-16/h5-6,22-23H,1-4,7H2,(H,24,25). The number of carboxylic acids is 1. The van der Waals surface area contributed by atoms with E-state index in [9.17, 15) is 32.6 Å². The minimum absolute atomic E-state index is 0.150. The summed E-state index contributed by atoms with van der Waals surface area (Å²) in [6, 6.07) is 0.150. The first kappa shape index (κ1) is 18.9. The molecule has 2 rings (SSSR count). The van der Waals surface area contributed by atoms with E-state index < -0.39 is 51.7 Å². The zero-order chi connectivity index (χ0) is 18.8. The second-order valence-electron chi connectivity index (χ2n) is 5.76. The first-order valence-corrected chi connectivity index (χ1v) is 7.38. The number of aliphatic carboxylic acids is 1. The average Bonchev–Trinajstić information content (AvgIpc) is 3.05. The average molecular weight is 361 g/mol. The molecule has 3 N–H and O–H groups in total. The van der Waals surface area contributed by atoms with Gasteiger partial charge in [-0.25, -0.2) is 22.4 Å². The van der Waals surface area contributed by atoms with Crippen molar-refractivity contribution in [2.45, 2.75) is 31.2 Å². The number of aliphatic hydroxyl groups excluding tert-OH is 2. The Balaban J connectivity index is 2.53. The fourth-order valence-electron chi connectivity index (χ4n) is 2.67. The molecule has 0 saturated heterocycles. The summed E-state index contributed by atoms with van der Waals surface area (Å²) in [5.41, 5.74) is -3.01. The predicted molar refractivity (Wildman–Crippen MR) is 80.2 cm³/mol. The molecule has 5 nitrogen and oxygen atoms in total. The summed E-state index contributed by atoms with van der Waals surface area (Å²) in [4.78, 5) is 15.3. The Morgan fingerprint density at radius 2 is 1.72 bits per heavy atom. The van der Waals surface area contributed by atoms with Crippen LogP contribution in [0.15, 0.2) is 16.6 Å². The molecule has 1 aliphatic carbocycles.